The number of hydrogen-bond donors (Lipinski definition) is 1. The Kier molecular flexibility index (Phi) is 8.99. The number of nitrogen functional groups attached to an aromatic ring is 1. The van der Waals surface area contributed by atoms with E-state index in [0.717, 1.165) is 60.7 Å². The number of pyridine rings is 2. The number of carbonyl (C=O) groups excluding carboxylic acids is 1. The van der Waals surface area contributed by atoms with Crippen LogP contribution in [-0.4, -0.2) is 85.0 Å². The lowest BCUT2D eigenvalue weighted by Crippen LogP contribution is -2.50. The Balaban J connectivity index is 1.37. The molecule has 224 valence electrons. The van der Waals surface area contributed by atoms with Gasteiger partial charge in [0.25, 0.3) is 0 Å². The van der Waals surface area contributed by atoms with Crippen molar-refractivity contribution in [3.63, 3.8) is 0 Å². The van der Waals surface area contributed by atoms with Crippen LogP contribution in [0.3, 0.4) is 0 Å². The zero-order valence-corrected chi connectivity index (χ0v) is 25.6. The fourth-order valence-corrected chi connectivity index (χ4v) is 5.74. The first kappa shape index (κ1) is 29.8. The van der Waals surface area contributed by atoms with Gasteiger partial charge in [-0.15, -0.1) is 0 Å². The number of aromatic nitrogens is 2. The van der Waals surface area contributed by atoms with E-state index < -0.39 is 5.60 Å². The molecule has 1 amide bonds. The van der Waals surface area contributed by atoms with Crippen LogP contribution in [0.25, 0.3) is 22.3 Å². The minimum absolute atomic E-state index is 0.269. The summed E-state index contributed by atoms with van der Waals surface area (Å²) in [4.78, 5) is 27.9. The van der Waals surface area contributed by atoms with Crippen LogP contribution in [0.5, 0.6) is 0 Å². The molecule has 2 aromatic heterocycles. The maximum absolute atomic E-state index is 12.5. The van der Waals surface area contributed by atoms with Crippen LogP contribution < -0.4 is 10.6 Å². The molecule has 0 unspecified atom stereocenters. The van der Waals surface area contributed by atoms with E-state index in [1.807, 2.05) is 39.2 Å². The smallest absolute Gasteiger partial charge is 0.410 e. The monoisotopic (exact) mass is 572 g/mol. The summed E-state index contributed by atoms with van der Waals surface area (Å²) in [5, 5.41) is 0. The Labute approximate surface area is 249 Å². The second kappa shape index (κ2) is 12.7. The number of nitrogens with two attached hydrogens (primary N) is 1. The van der Waals surface area contributed by atoms with Gasteiger partial charge in [0.1, 0.15) is 17.2 Å². The first-order chi connectivity index (χ1) is 20.1. The molecule has 0 atom stereocenters. The van der Waals surface area contributed by atoms with Gasteiger partial charge in [0.05, 0.1) is 0 Å². The molecule has 42 heavy (non-hydrogen) atoms. The lowest BCUT2D eigenvalue weighted by Gasteiger charge is -2.36. The Morgan fingerprint density at radius 1 is 1.00 bits per heavy atom. The predicted octanol–water partition coefficient (Wildman–Crippen LogP) is 5.41. The Morgan fingerprint density at radius 3 is 2.43 bits per heavy atom. The maximum atomic E-state index is 12.5. The van der Waals surface area contributed by atoms with Crippen LogP contribution >= 0.6 is 0 Å². The highest BCUT2D eigenvalue weighted by Crippen LogP contribution is 2.35. The second-order valence-electron chi connectivity index (χ2n) is 12.6. The average Bonchev–Trinajstić information content (AvgIpc) is 2.97. The van der Waals surface area contributed by atoms with Crippen molar-refractivity contribution in [2.24, 2.45) is 0 Å². The summed E-state index contributed by atoms with van der Waals surface area (Å²) in [5.74, 6) is 1.87. The third kappa shape index (κ3) is 7.20. The summed E-state index contributed by atoms with van der Waals surface area (Å²) >= 11 is 0. The molecule has 0 saturated carbocycles. The molecule has 3 aromatic rings. The van der Waals surface area contributed by atoms with Crippen LogP contribution in [-0.2, 0) is 16.0 Å². The van der Waals surface area contributed by atoms with Gasteiger partial charge in [-0.2, -0.15) is 0 Å². The van der Waals surface area contributed by atoms with Crippen LogP contribution in [0.15, 0.2) is 48.8 Å². The molecule has 9 heteroatoms. The summed E-state index contributed by atoms with van der Waals surface area (Å²) in [6.07, 6.45) is 5.53. The van der Waals surface area contributed by atoms with E-state index in [1.54, 1.807) is 4.90 Å². The molecule has 9 nitrogen and oxygen atoms in total. The van der Waals surface area contributed by atoms with Crippen molar-refractivity contribution in [2.75, 3.05) is 64.1 Å². The molecule has 1 aromatic carbocycles. The van der Waals surface area contributed by atoms with Crippen molar-refractivity contribution in [2.45, 2.75) is 51.7 Å². The molecule has 2 saturated heterocycles. The molecule has 2 N–H and O–H groups in total. The largest absolute Gasteiger partial charge is 0.444 e. The van der Waals surface area contributed by atoms with E-state index in [2.05, 4.69) is 64.2 Å². The summed E-state index contributed by atoms with van der Waals surface area (Å²) in [6.45, 7) is 10.7. The number of carbonyl (C=O) groups is 1. The van der Waals surface area contributed by atoms with Crippen LogP contribution in [0.2, 0.25) is 0 Å². The van der Waals surface area contributed by atoms with Gasteiger partial charge in [0.15, 0.2) is 0 Å². The number of amides is 1. The van der Waals surface area contributed by atoms with Crippen LogP contribution in [0.4, 0.5) is 16.4 Å². The van der Waals surface area contributed by atoms with Crippen molar-refractivity contribution in [3.05, 3.63) is 59.9 Å². The normalized spacial score (nSPS) is 16.6. The van der Waals surface area contributed by atoms with E-state index >= 15 is 0 Å². The number of benzene rings is 1. The lowest BCUT2D eigenvalue weighted by atomic mass is 9.86. The summed E-state index contributed by atoms with van der Waals surface area (Å²) in [5.41, 5.74) is 12.7. The molecule has 4 heterocycles. The lowest BCUT2D eigenvalue weighted by molar-refractivity contribution is 0.0240. The van der Waals surface area contributed by atoms with Gasteiger partial charge >= 0.3 is 6.09 Å². The number of piperazine rings is 1. The molecule has 0 radical (unpaired) electrons. The zero-order valence-electron chi connectivity index (χ0n) is 25.6. The molecular weight excluding hydrogens is 528 g/mol. The predicted molar refractivity (Wildman–Crippen MR) is 168 cm³/mol. The van der Waals surface area contributed by atoms with E-state index in [0.29, 0.717) is 37.9 Å². The van der Waals surface area contributed by atoms with E-state index in [9.17, 15) is 4.79 Å². The highest BCUT2D eigenvalue weighted by atomic mass is 16.6. The van der Waals surface area contributed by atoms with Gasteiger partial charge < -0.3 is 29.9 Å². The number of nitrogens with zero attached hydrogens (tertiary/aromatic N) is 5. The topological polar surface area (TPSA) is 97.1 Å². The summed E-state index contributed by atoms with van der Waals surface area (Å²) in [7, 11) is 4.23. The van der Waals surface area contributed by atoms with Crippen molar-refractivity contribution < 1.29 is 14.3 Å². The van der Waals surface area contributed by atoms with E-state index in [1.165, 1.54) is 11.1 Å². The second-order valence-corrected chi connectivity index (χ2v) is 12.6. The number of anilines is 2. The molecule has 2 aliphatic rings. The van der Waals surface area contributed by atoms with Crippen LogP contribution in [0.1, 0.15) is 50.7 Å². The first-order valence-electron chi connectivity index (χ1n) is 14.9. The van der Waals surface area contributed by atoms with Crippen molar-refractivity contribution >= 4 is 17.7 Å². The van der Waals surface area contributed by atoms with Gasteiger partial charge in [-0.3, -0.25) is 0 Å². The van der Waals surface area contributed by atoms with Gasteiger partial charge in [-0.1, -0.05) is 12.1 Å². The fourth-order valence-electron chi connectivity index (χ4n) is 5.74. The zero-order chi connectivity index (χ0) is 29.9. The molecule has 2 fully saturated rings. The molecule has 0 spiro atoms. The molecule has 5 rings (SSSR count). The van der Waals surface area contributed by atoms with Gasteiger partial charge in [0.2, 0.25) is 0 Å². The first-order valence-corrected chi connectivity index (χ1v) is 14.9. The Morgan fingerprint density at radius 2 is 1.74 bits per heavy atom. The quantitative estimate of drug-likeness (QED) is 0.419. The third-order valence-corrected chi connectivity index (χ3v) is 7.85. The summed E-state index contributed by atoms with van der Waals surface area (Å²) in [6, 6.07) is 13.0. The number of rotatable bonds is 6. The molecular formula is C33H44N6O3. The van der Waals surface area contributed by atoms with E-state index in [4.69, 9.17) is 15.2 Å². The standard InChI is InChI=1S/C33H44N6O3/c1-33(2,3)42-32(40)39-14-12-38(13-15-39)30-20-25(8-11-35-30)29-19-26(21-36-31(29)34)24-6-7-28(23-9-16-41-17-10-23)27(18-24)22-37(4)5/h6-8,11,18-21,23H,9-10,12-17,22H2,1-5H3,(H2,34,36). The number of ether oxygens (including phenoxy) is 2. The summed E-state index contributed by atoms with van der Waals surface area (Å²) < 4.78 is 11.2. The van der Waals surface area contributed by atoms with Crippen molar-refractivity contribution in [1.82, 2.24) is 19.8 Å². The van der Waals surface area contributed by atoms with Gasteiger partial charge in [-0.25, -0.2) is 14.8 Å². The minimum Gasteiger partial charge on any atom is -0.444 e. The molecule has 2 aliphatic heterocycles. The van der Waals surface area contributed by atoms with Gasteiger partial charge in [-0.05, 0) is 100 Å². The highest BCUT2D eigenvalue weighted by Gasteiger charge is 2.26. The third-order valence-electron chi connectivity index (χ3n) is 7.85. The molecule has 0 aliphatic carbocycles. The van der Waals surface area contributed by atoms with Crippen molar-refractivity contribution in [3.8, 4) is 22.3 Å². The Bertz CT molecular complexity index is 1390. The fraction of sp³-hybridized carbons (Fsp3) is 0.485. The maximum Gasteiger partial charge on any atom is 0.410 e. The van der Waals surface area contributed by atoms with E-state index in [-0.39, 0.29) is 6.09 Å². The Hall–Kier alpha value is -3.69. The SMILES string of the molecule is CN(C)Cc1cc(-c2cnc(N)c(-c3ccnc(N4CCN(C(=O)OC(C)(C)C)CC4)c3)c2)ccc1C1CCOCC1. The van der Waals surface area contributed by atoms with Gasteiger partial charge in [0, 0.05) is 69.5 Å². The number of hydrogen-bond acceptors (Lipinski definition) is 8. The average molecular weight is 573 g/mol. The van der Waals surface area contributed by atoms with Crippen LogP contribution in [0, 0.1) is 0 Å². The highest BCUT2D eigenvalue weighted by molar-refractivity contribution is 5.80. The minimum atomic E-state index is -0.507. The van der Waals surface area contributed by atoms with Crippen molar-refractivity contribution in [1.29, 1.82) is 0 Å². The molecule has 0 bridgehead atoms.